The van der Waals surface area contributed by atoms with Crippen LogP contribution in [0.4, 0.5) is 13.2 Å². The molecule has 0 saturated carbocycles. The van der Waals surface area contributed by atoms with Crippen LogP contribution >= 0.6 is 0 Å². The Morgan fingerprint density at radius 3 is 2.41 bits per heavy atom. The summed E-state index contributed by atoms with van der Waals surface area (Å²) in [6, 6.07) is 3.50. The number of carbonyl (C=O) groups is 1. The Morgan fingerprint density at radius 2 is 1.94 bits per heavy atom. The van der Waals surface area contributed by atoms with Crippen LogP contribution in [-0.4, -0.2) is 20.2 Å². The molecule has 0 aliphatic carbocycles. The van der Waals surface area contributed by atoms with E-state index in [0.29, 0.717) is 0 Å². The summed E-state index contributed by atoms with van der Waals surface area (Å²) in [5.74, 6) is -0.731. The van der Waals surface area contributed by atoms with Gasteiger partial charge in [0.25, 0.3) is 0 Å². The largest absolute Gasteiger partial charge is 0.496 e. The van der Waals surface area contributed by atoms with Gasteiger partial charge in [0.1, 0.15) is 5.75 Å². The van der Waals surface area contributed by atoms with Gasteiger partial charge in [0.15, 0.2) is 0 Å². The molecule has 1 aromatic carbocycles. The molecular formula is C11H11F3O3. The number of hydrogen-bond acceptors (Lipinski definition) is 3. The Balaban J connectivity index is 3.26. The molecule has 1 rings (SSSR count). The van der Waals surface area contributed by atoms with Crippen LogP contribution in [0, 0.1) is 0 Å². The standard InChI is InChI=1S/C11H11F3O3/c1-16-9-5-3-4-8(11(12,13)14)7(9)6-10(15)17-2/h3-5H,6H2,1-2H3. The number of alkyl halides is 3. The molecule has 0 aliphatic rings. The van der Waals surface area contributed by atoms with Gasteiger partial charge in [-0.05, 0) is 12.1 Å². The molecule has 94 valence electrons. The molecule has 0 aromatic heterocycles. The summed E-state index contributed by atoms with van der Waals surface area (Å²) in [6.45, 7) is 0. The summed E-state index contributed by atoms with van der Waals surface area (Å²) < 4.78 is 47.3. The Morgan fingerprint density at radius 1 is 1.29 bits per heavy atom. The molecule has 0 bridgehead atoms. The summed E-state index contributed by atoms with van der Waals surface area (Å²) in [6.07, 6.45) is -5.01. The molecule has 1 aromatic rings. The SMILES string of the molecule is COC(=O)Cc1c(OC)cccc1C(F)(F)F. The van der Waals surface area contributed by atoms with Crippen LogP contribution in [0.5, 0.6) is 5.75 Å². The lowest BCUT2D eigenvalue weighted by Gasteiger charge is -2.15. The summed E-state index contributed by atoms with van der Waals surface area (Å²) in [7, 11) is 2.36. The van der Waals surface area contributed by atoms with Crippen molar-refractivity contribution in [2.75, 3.05) is 14.2 Å². The second kappa shape index (κ2) is 5.07. The second-order valence-corrected chi connectivity index (χ2v) is 3.24. The maximum atomic E-state index is 12.7. The first-order chi connectivity index (χ1) is 7.90. The fraction of sp³-hybridized carbons (Fsp3) is 0.364. The molecule has 0 heterocycles. The van der Waals surface area contributed by atoms with Gasteiger partial charge in [-0.2, -0.15) is 13.2 Å². The Kier molecular flexibility index (Phi) is 3.98. The van der Waals surface area contributed by atoms with Gasteiger partial charge < -0.3 is 9.47 Å². The number of rotatable bonds is 3. The van der Waals surface area contributed by atoms with Crippen molar-refractivity contribution in [1.82, 2.24) is 0 Å². The molecule has 0 N–H and O–H groups in total. The predicted octanol–water partition coefficient (Wildman–Crippen LogP) is 2.43. The number of halogens is 3. The van der Waals surface area contributed by atoms with E-state index in [1.807, 2.05) is 0 Å². The zero-order valence-corrected chi connectivity index (χ0v) is 9.30. The number of methoxy groups -OCH3 is 2. The zero-order valence-electron chi connectivity index (χ0n) is 9.30. The van der Waals surface area contributed by atoms with Gasteiger partial charge >= 0.3 is 12.1 Å². The van der Waals surface area contributed by atoms with E-state index >= 15 is 0 Å². The highest BCUT2D eigenvalue weighted by molar-refractivity contribution is 5.74. The number of benzene rings is 1. The fourth-order valence-corrected chi connectivity index (χ4v) is 1.42. The van der Waals surface area contributed by atoms with Gasteiger partial charge in [0, 0.05) is 5.56 Å². The molecule has 3 nitrogen and oxygen atoms in total. The van der Waals surface area contributed by atoms with Crippen LogP contribution in [0.3, 0.4) is 0 Å². The van der Waals surface area contributed by atoms with E-state index in [-0.39, 0.29) is 11.3 Å². The zero-order chi connectivity index (χ0) is 13.1. The maximum absolute atomic E-state index is 12.7. The smallest absolute Gasteiger partial charge is 0.416 e. The summed E-state index contributed by atoms with van der Waals surface area (Å²) in [4.78, 5) is 11.1. The van der Waals surface area contributed by atoms with Gasteiger partial charge in [0.2, 0.25) is 0 Å². The van der Waals surface area contributed by atoms with Gasteiger partial charge in [-0.25, -0.2) is 0 Å². The monoisotopic (exact) mass is 248 g/mol. The van der Waals surface area contributed by atoms with Crippen LogP contribution in [0.25, 0.3) is 0 Å². The van der Waals surface area contributed by atoms with Crippen molar-refractivity contribution < 1.29 is 27.4 Å². The highest BCUT2D eigenvalue weighted by atomic mass is 19.4. The highest BCUT2D eigenvalue weighted by Crippen LogP contribution is 2.36. The minimum absolute atomic E-state index is 0.0187. The van der Waals surface area contributed by atoms with Gasteiger partial charge in [-0.3, -0.25) is 4.79 Å². The third-order valence-corrected chi connectivity index (χ3v) is 2.21. The number of esters is 1. The molecule has 17 heavy (non-hydrogen) atoms. The average Bonchev–Trinajstić information content (AvgIpc) is 2.27. The molecule has 0 radical (unpaired) electrons. The first-order valence-electron chi connectivity index (χ1n) is 4.70. The average molecular weight is 248 g/mol. The number of hydrogen-bond donors (Lipinski definition) is 0. The Hall–Kier alpha value is -1.72. The van der Waals surface area contributed by atoms with E-state index in [0.717, 1.165) is 13.2 Å². The minimum atomic E-state index is -4.53. The molecule has 0 fully saturated rings. The summed E-state index contributed by atoms with van der Waals surface area (Å²) in [5, 5.41) is 0. The Bertz CT molecular complexity index is 413. The summed E-state index contributed by atoms with van der Waals surface area (Å²) >= 11 is 0. The van der Waals surface area contributed by atoms with E-state index in [1.54, 1.807) is 0 Å². The van der Waals surface area contributed by atoms with Gasteiger partial charge in [-0.1, -0.05) is 6.07 Å². The van der Waals surface area contributed by atoms with Crippen molar-refractivity contribution in [2.45, 2.75) is 12.6 Å². The van der Waals surface area contributed by atoms with Crippen molar-refractivity contribution in [1.29, 1.82) is 0 Å². The second-order valence-electron chi connectivity index (χ2n) is 3.24. The molecule has 0 aliphatic heterocycles. The molecule has 6 heteroatoms. The first-order valence-corrected chi connectivity index (χ1v) is 4.70. The number of carbonyl (C=O) groups excluding carboxylic acids is 1. The van der Waals surface area contributed by atoms with Crippen LogP contribution < -0.4 is 4.74 Å². The lowest BCUT2D eigenvalue weighted by Crippen LogP contribution is -2.14. The number of ether oxygens (including phenoxy) is 2. The Labute approximate surface area is 96.1 Å². The quantitative estimate of drug-likeness (QED) is 0.771. The van der Waals surface area contributed by atoms with Gasteiger partial charge in [-0.15, -0.1) is 0 Å². The van der Waals surface area contributed by atoms with Crippen molar-refractivity contribution in [2.24, 2.45) is 0 Å². The van der Waals surface area contributed by atoms with Crippen LogP contribution in [0.1, 0.15) is 11.1 Å². The van der Waals surface area contributed by atoms with Crippen molar-refractivity contribution in [3.05, 3.63) is 29.3 Å². The molecule has 0 saturated heterocycles. The minimum Gasteiger partial charge on any atom is -0.496 e. The molecule has 0 spiro atoms. The molecule has 0 unspecified atom stereocenters. The molecule has 0 atom stereocenters. The first kappa shape index (κ1) is 13.3. The third kappa shape index (κ3) is 3.12. The van der Waals surface area contributed by atoms with Crippen molar-refractivity contribution >= 4 is 5.97 Å². The van der Waals surface area contributed by atoms with Crippen LogP contribution in [0.15, 0.2) is 18.2 Å². The maximum Gasteiger partial charge on any atom is 0.416 e. The van der Waals surface area contributed by atoms with E-state index < -0.39 is 24.1 Å². The summed E-state index contributed by atoms with van der Waals surface area (Å²) in [5.41, 5.74) is -1.10. The molecule has 0 amide bonds. The fourth-order valence-electron chi connectivity index (χ4n) is 1.42. The lowest BCUT2D eigenvalue weighted by molar-refractivity contribution is -0.141. The van der Waals surface area contributed by atoms with Gasteiger partial charge in [0.05, 0.1) is 26.2 Å². The highest BCUT2D eigenvalue weighted by Gasteiger charge is 2.35. The lowest BCUT2D eigenvalue weighted by atomic mass is 10.0. The van der Waals surface area contributed by atoms with Crippen LogP contribution in [0.2, 0.25) is 0 Å². The van der Waals surface area contributed by atoms with E-state index in [9.17, 15) is 18.0 Å². The van der Waals surface area contributed by atoms with Crippen molar-refractivity contribution in [3.63, 3.8) is 0 Å². The predicted molar refractivity (Wildman–Crippen MR) is 53.7 cm³/mol. The molecular weight excluding hydrogens is 237 g/mol. The normalized spacial score (nSPS) is 11.1. The van der Waals surface area contributed by atoms with Crippen LogP contribution in [-0.2, 0) is 22.1 Å². The van der Waals surface area contributed by atoms with E-state index in [4.69, 9.17) is 4.74 Å². The topological polar surface area (TPSA) is 35.5 Å². The van der Waals surface area contributed by atoms with E-state index in [1.165, 1.54) is 19.2 Å². The van der Waals surface area contributed by atoms with E-state index in [2.05, 4.69) is 4.74 Å². The third-order valence-electron chi connectivity index (χ3n) is 2.21. The van der Waals surface area contributed by atoms with Crippen molar-refractivity contribution in [3.8, 4) is 5.75 Å².